The van der Waals surface area contributed by atoms with Crippen molar-refractivity contribution in [1.82, 2.24) is 9.80 Å². The third-order valence-electron chi connectivity index (χ3n) is 3.77. The third-order valence-corrected chi connectivity index (χ3v) is 5.38. The summed E-state index contributed by atoms with van der Waals surface area (Å²) in [6.45, 7) is 4.54. The zero-order valence-corrected chi connectivity index (χ0v) is 14.5. The highest BCUT2D eigenvalue weighted by molar-refractivity contribution is 9.11. The molecular weight excluding hydrogens is 366 g/mol. The predicted molar refractivity (Wildman–Crippen MR) is 89.8 cm³/mol. The van der Waals surface area contributed by atoms with Gasteiger partial charge in [0.1, 0.15) is 12.0 Å². The Labute approximate surface area is 141 Å². The molecule has 1 saturated heterocycles. The molecule has 0 atom stereocenters. The number of nitrogens with zero attached hydrogens (tertiary/aromatic N) is 2. The van der Waals surface area contributed by atoms with Gasteiger partial charge in [-0.25, -0.2) is 0 Å². The molecule has 1 fully saturated rings. The normalized spacial score (nSPS) is 16.2. The summed E-state index contributed by atoms with van der Waals surface area (Å²) in [6, 6.07) is 5.96. The summed E-state index contributed by atoms with van der Waals surface area (Å²) in [4.78, 5) is 18.0. The van der Waals surface area contributed by atoms with Gasteiger partial charge in [-0.1, -0.05) is 0 Å². The maximum atomic E-state index is 12.4. The van der Waals surface area contributed by atoms with Gasteiger partial charge in [0.05, 0.1) is 15.9 Å². The van der Waals surface area contributed by atoms with E-state index in [9.17, 15) is 4.79 Å². The Balaban J connectivity index is 1.53. The van der Waals surface area contributed by atoms with Gasteiger partial charge in [-0.2, -0.15) is 0 Å². The number of carbonyl (C=O) groups excluding carboxylic acids is 1. The molecule has 118 valence electrons. The SMILES string of the molecule is NCc1cc(C(=O)N2CCN(Cc3ccc(Br)s3)CC2)co1. The van der Waals surface area contributed by atoms with Gasteiger partial charge in [0, 0.05) is 37.6 Å². The number of piperazine rings is 1. The molecule has 0 bridgehead atoms. The van der Waals surface area contributed by atoms with Crippen LogP contribution in [0.2, 0.25) is 0 Å². The Kier molecular flexibility index (Phi) is 4.97. The smallest absolute Gasteiger partial charge is 0.257 e. The van der Waals surface area contributed by atoms with Gasteiger partial charge in [0.2, 0.25) is 0 Å². The molecule has 0 radical (unpaired) electrons. The number of rotatable bonds is 4. The lowest BCUT2D eigenvalue weighted by molar-refractivity contribution is 0.0629. The van der Waals surface area contributed by atoms with Crippen LogP contribution in [0.5, 0.6) is 0 Å². The van der Waals surface area contributed by atoms with Crippen LogP contribution in [0.3, 0.4) is 0 Å². The number of halogens is 1. The molecule has 3 heterocycles. The van der Waals surface area contributed by atoms with E-state index < -0.39 is 0 Å². The first-order chi connectivity index (χ1) is 10.7. The highest BCUT2D eigenvalue weighted by Crippen LogP contribution is 2.23. The third kappa shape index (κ3) is 3.60. The van der Waals surface area contributed by atoms with E-state index in [1.54, 1.807) is 17.4 Å². The second-order valence-corrected chi connectivity index (χ2v) is 7.83. The van der Waals surface area contributed by atoms with E-state index in [4.69, 9.17) is 10.2 Å². The summed E-state index contributed by atoms with van der Waals surface area (Å²) in [5, 5.41) is 0. The number of carbonyl (C=O) groups is 1. The van der Waals surface area contributed by atoms with E-state index in [0.29, 0.717) is 17.9 Å². The Morgan fingerprint density at radius 2 is 2.09 bits per heavy atom. The first-order valence-corrected chi connectivity index (χ1v) is 8.80. The van der Waals surface area contributed by atoms with Crippen LogP contribution in [-0.4, -0.2) is 41.9 Å². The Bertz CT molecular complexity index is 647. The summed E-state index contributed by atoms with van der Waals surface area (Å²) >= 11 is 5.25. The second-order valence-electron chi connectivity index (χ2n) is 5.28. The predicted octanol–water partition coefficient (Wildman–Crippen LogP) is 2.52. The first-order valence-electron chi connectivity index (χ1n) is 7.19. The zero-order chi connectivity index (χ0) is 15.5. The molecule has 7 heteroatoms. The van der Waals surface area contributed by atoms with Gasteiger partial charge in [0.25, 0.3) is 5.91 Å². The molecule has 2 aromatic heterocycles. The fourth-order valence-electron chi connectivity index (χ4n) is 2.55. The van der Waals surface area contributed by atoms with E-state index >= 15 is 0 Å². The Morgan fingerprint density at radius 3 is 2.68 bits per heavy atom. The van der Waals surface area contributed by atoms with Crippen LogP contribution < -0.4 is 5.73 Å². The van der Waals surface area contributed by atoms with Crippen molar-refractivity contribution in [3.63, 3.8) is 0 Å². The van der Waals surface area contributed by atoms with Gasteiger partial charge >= 0.3 is 0 Å². The maximum absolute atomic E-state index is 12.4. The van der Waals surface area contributed by atoms with Crippen LogP contribution in [-0.2, 0) is 13.1 Å². The topological polar surface area (TPSA) is 62.7 Å². The molecule has 0 unspecified atom stereocenters. The number of thiophene rings is 1. The molecule has 1 amide bonds. The molecule has 2 N–H and O–H groups in total. The van der Waals surface area contributed by atoms with Crippen LogP contribution in [0, 0.1) is 0 Å². The monoisotopic (exact) mass is 383 g/mol. The molecule has 0 saturated carbocycles. The summed E-state index contributed by atoms with van der Waals surface area (Å²) < 4.78 is 6.40. The summed E-state index contributed by atoms with van der Waals surface area (Å²) in [6.07, 6.45) is 1.50. The van der Waals surface area contributed by atoms with Gasteiger partial charge in [-0.05, 0) is 34.1 Å². The van der Waals surface area contributed by atoms with Crippen molar-refractivity contribution in [2.75, 3.05) is 26.2 Å². The number of hydrogen-bond acceptors (Lipinski definition) is 5. The summed E-state index contributed by atoms with van der Waals surface area (Å²) in [5.41, 5.74) is 6.10. The molecular formula is C15H18BrN3O2S. The molecule has 0 spiro atoms. The van der Waals surface area contributed by atoms with Crippen molar-refractivity contribution in [1.29, 1.82) is 0 Å². The number of hydrogen-bond donors (Lipinski definition) is 1. The molecule has 3 rings (SSSR count). The van der Waals surface area contributed by atoms with Crippen molar-refractivity contribution in [2.45, 2.75) is 13.1 Å². The molecule has 0 aromatic carbocycles. The van der Waals surface area contributed by atoms with Crippen LogP contribution in [0.15, 0.2) is 32.7 Å². The minimum Gasteiger partial charge on any atom is -0.467 e. The van der Waals surface area contributed by atoms with E-state index in [2.05, 4.69) is 33.0 Å². The van der Waals surface area contributed by atoms with E-state index in [1.165, 1.54) is 11.1 Å². The average Bonchev–Trinajstić information content (AvgIpc) is 3.16. The fraction of sp³-hybridized carbons (Fsp3) is 0.400. The Hall–Kier alpha value is -1.15. The molecule has 1 aliphatic heterocycles. The zero-order valence-electron chi connectivity index (χ0n) is 12.1. The van der Waals surface area contributed by atoms with Gasteiger partial charge < -0.3 is 15.1 Å². The van der Waals surface area contributed by atoms with Crippen molar-refractivity contribution < 1.29 is 9.21 Å². The largest absolute Gasteiger partial charge is 0.467 e. The lowest BCUT2D eigenvalue weighted by Crippen LogP contribution is -2.48. The number of nitrogens with two attached hydrogens (primary N) is 1. The second kappa shape index (κ2) is 6.95. The summed E-state index contributed by atoms with van der Waals surface area (Å²) in [5.74, 6) is 0.673. The van der Waals surface area contributed by atoms with Crippen molar-refractivity contribution in [2.24, 2.45) is 5.73 Å². The number of furan rings is 1. The lowest BCUT2D eigenvalue weighted by Gasteiger charge is -2.34. The number of amides is 1. The Morgan fingerprint density at radius 1 is 1.32 bits per heavy atom. The van der Waals surface area contributed by atoms with E-state index in [-0.39, 0.29) is 5.91 Å². The fourth-order valence-corrected chi connectivity index (χ4v) is 4.07. The highest BCUT2D eigenvalue weighted by Gasteiger charge is 2.23. The average molecular weight is 384 g/mol. The van der Waals surface area contributed by atoms with Crippen LogP contribution in [0.4, 0.5) is 0 Å². The van der Waals surface area contributed by atoms with E-state index in [0.717, 1.165) is 36.5 Å². The maximum Gasteiger partial charge on any atom is 0.257 e. The van der Waals surface area contributed by atoms with E-state index in [1.807, 2.05) is 4.90 Å². The molecule has 1 aliphatic rings. The molecule has 22 heavy (non-hydrogen) atoms. The minimum absolute atomic E-state index is 0.0296. The van der Waals surface area contributed by atoms with Crippen molar-refractivity contribution in [3.05, 3.63) is 44.4 Å². The van der Waals surface area contributed by atoms with Crippen LogP contribution in [0.1, 0.15) is 21.0 Å². The van der Waals surface area contributed by atoms with Gasteiger partial charge in [-0.3, -0.25) is 9.69 Å². The van der Waals surface area contributed by atoms with Crippen molar-refractivity contribution in [3.8, 4) is 0 Å². The minimum atomic E-state index is 0.0296. The van der Waals surface area contributed by atoms with Crippen molar-refractivity contribution >= 4 is 33.2 Å². The van der Waals surface area contributed by atoms with Gasteiger partial charge in [-0.15, -0.1) is 11.3 Å². The first kappa shape index (κ1) is 15.7. The molecule has 2 aromatic rings. The lowest BCUT2D eigenvalue weighted by atomic mass is 10.2. The quantitative estimate of drug-likeness (QED) is 0.880. The molecule has 0 aliphatic carbocycles. The summed E-state index contributed by atoms with van der Waals surface area (Å²) in [7, 11) is 0. The van der Waals surface area contributed by atoms with Crippen LogP contribution in [0.25, 0.3) is 0 Å². The highest BCUT2D eigenvalue weighted by atomic mass is 79.9. The molecule has 5 nitrogen and oxygen atoms in total. The van der Waals surface area contributed by atoms with Gasteiger partial charge in [0.15, 0.2) is 0 Å². The standard InChI is InChI=1S/C15H18BrN3O2S/c16-14-2-1-13(22-14)9-18-3-5-19(6-4-18)15(20)11-7-12(8-17)21-10-11/h1-2,7,10H,3-6,8-9,17H2. The van der Waals surface area contributed by atoms with Crippen LogP contribution >= 0.6 is 27.3 Å².